The fourth-order valence-corrected chi connectivity index (χ4v) is 10.7. The summed E-state index contributed by atoms with van der Waals surface area (Å²) in [6, 6.07) is 13.9. The van der Waals surface area contributed by atoms with Gasteiger partial charge in [-0.15, -0.1) is 0 Å². The van der Waals surface area contributed by atoms with E-state index >= 15 is 0 Å². The van der Waals surface area contributed by atoms with Crippen LogP contribution >= 0.6 is 11.8 Å². The first-order valence-electron chi connectivity index (χ1n) is 23.2. The van der Waals surface area contributed by atoms with E-state index in [1.54, 1.807) is 6.92 Å². The lowest BCUT2D eigenvalue weighted by atomic mass is 9.98. The molecule has 24 heteroatoms. The number of hydrogen-bond donors (Lipinski definition) is 7. The molecule has 1 aromatic heterocycles. The molecule has 71 heavy (non-hydrogen) atoms. The van der Waals surface area contributed by atoms with Crippen LogP contribution in [0.3, 0.4) is 0 Å². The van der Waals surface area contributed by atoms with E-state index in [0.717, 1.165) is 54.3 Å². The molecular formula is C47H56F3N11O8S2. The van der Waals surface area contributed by atoms with Gasteiger partial charge in [0.2, 0.25) is 11.8 Å². The highest BCUT2D eigenvalue weighted by atomic mass is 32.2. The van der Waals surface area contributed by atoms with Gasteiger partial charge in [-0.05, 0) is 111 Å². The van der Waals surface area contributed by atoms with Gasteiger partial charge < -0.3 is 31.7 Å². The average Bonchev–Trinajstić information content (AvgIpc) is 4.06. The molecular weight excluding hydrogens is 968 g/mol. The first-order valence-corrected chi connectivity index (χ1v) is 25.7. The number of hydrogen-bond acceptors (Lipinski definition) is 11. The van der Waals surface area contributed by atoms with Gasteiger partial charge in [-0.25, -0.2) is 22.6 Å². The molecule has 0 bridgehead atoms. The topological polar surface area (TPSA) is 278 Å². The minimum Gasteiger partial charge on any atom is -0.508 e. The number of unbranched alkanes of at least 4 members (excludes halogenated alkanes) is 3. The van der Waals surface area contributed by atoms with E-state index in [9.17, 15) is 50.7 Å². The molecule has 4 aromatic rings. The number of carbonyl (C=O) groups is 5. The molecule has 2 saturated heterocycles. The van der Waals surface area contributed by atoms with Crippen molar-refractivity contribution in [3.8, 4) is 22.7 Å². The molecule has 0 aliphatic carbocycles. The van der Waals surface area contributed by atoms with E-state index in [1.165, 1.54) is 54.6 Å². The lowest BCUT2D eigenvalue weighted by molar-refractivity contribution is -0.141. The van der Waals surface area contributed by atoms with Crippen LogP contribution in [0, 0.1) is 12.8 Å². The molecule has 0 radical (unpaired) electrons. The quantitative estimate of drug-likeness (QED) is 0.0123. The average molecular weight is 1020 g/mol. The van der Waals surface area contributed by atoms with Gasteiger partial charge in [0.25, 0.3) is 21.8 Å². The molecule has 0 spiro atoms. The van der Waals surface area contributed by atoms with Crippen molar-refractivity contribution in [2.45, 2.75) is 113 Å². The zero-order valence-corrected chi connectivity index (χ0v) is 40.6. The maximum Gasteiger partial charge on any atom is 0.435 e. The third-order valence-electron chi connectivity index (χ3n) is 12.2. The van der Waals surface area contributed by atoms with Gasteiger partial charge in [0.15, 0.2) is 5.69 Å². The summed E-state index contributed by atoms with van der Waals surface area (Å²) in [5, 5.41) is 32.0. The second-order valence-corrected chi connectivity index (χ2v) is 20.4. The maximum absolute atomic E-state index is 13.8. The molecule has 2 aliphatic heterocycles. The molecule has 7 N–H and O–H groups in total. The number of carbonyl (C=O) groups excluding carboxylic acids is 5. The monoisotopic (exact) mass is 1020 g/mol. The molecule has 1 unspecified atom stereocenters. The first-order chi connectivity index (χ1) is 33.8. The normalized spacial score (nSPS) is 17.2. The molecule has 2 fully saturated rings. The number of aromatic nitrogens is 2. The summed E-state index contributed by atoms with van der Waals surface area (Å²) in [5.74, 6) is -1.42. The zero-order chi connectivity index (χ0) is 51.3. The predicted octanol–water partition coefficient (Wildman–Crippen LogP) is 7.05. The van der Waals surface area contributed by atoms with Crippen LogP contribution in [0.1, 0.15) is 92.7 Å². The third-order valence-corrected chi connectivity index (χ3v) is 15.0. The molecule has 3 heterocycles. The largest absolute Gasteiger partial charge is 0.508 e. The van der Waals surface area contributed by atoms with Crippen molar-refractivity contribution in [2.75, 3.05) is 18.8 Å². The van der Waals surface area contributed by atoms with Crippen LogP contribution in [0.15, 0.2) is 82.8 Å². The van der Waals surface area contributed by atoms with Gasteiger partial charge >= 0.3 is 12.2 Å². The lowest BCUT2D eigenvalue weighted by Crippen LogP contribution is -2.48. The Bertz CT molecular complexity index is 2720. The van der Waals surface area contributed by atoms with Crippen molar-refractivity contribution in [1.82, 2.24) is 41.1 Å². The molecule has 6 rings (SSSR count). The van der Waals surface area contributed by atoms with Crippen molar-refractivity contribution in [2.24, 2.45) is 11.0 Å². The highest BCUT2D eigenvalue weighted by Crippen LogP contribution is 2.36. The van der Waals surface area contributed by atoms with Crippen LogP contribution in [0.25, 0.3) is 27.4 Å². The van der Waals surface area contributed by atoms with Crippen LogP contribution in [0.2, 0.25) is 0 Å². The number of azide groups is 1. The molecule has 2 aliphatic rings. The highest BCUT2D eigenvalue weighted by Gasteiger charge is 2.42. The Morgan fingerprint density at radius 3 is 2.35 bits per heavy atom. The van der Waals surface area contributed by atoms with Crippen molar-refractivity contribution in [1.29, 1.82) is 0 Å². The summed E-state index contributed by atoms with van der Waals surface area (Å²) in [7, 11) is -4.62. The van der Waals surface area contributed by atoms with Crippen LogP contribution in [0.4, 0.5) is 23.7 Å². The van der Waals surface area contributed by atoms with Gasteiger partial charge in [0.1, 0.15) is 11.8 Å². The van der Waals surface area contributed by atoms with Crippen molar-refractivity contribution in [3.63, 3.8) is 0 Å². The maximum atomic E-state index is 13.8. The minimum absolute atomic E-state index is 0.0120. The van der Waals surface area contributed by atoms with Crippen LogP contribution in [-0.2, 0) is 30.6 Å². The first kappa shape index (κ1) is 53.6. The molecule has 0 saturated carbocycles. The van der Waals surface area contributed by atoms with Gasteiger partial charge in [-0.1, -0.05) is 49.1 Å². The SMILES string of the molecule is Cc1ccc(-c2cc(C(F)(F)F)nn2-c2ccc(S(=O)(=O)NC(=O)[C@H](CCCCNC(=O)CCCCCNC(=O)C(C)CCC[C@@H]3SC[C@@H]4NC(=O)N[C@@H]43)NC(=O)c3ccc(N=[N+]=[N-])cc3)cc2)cc1O. The number of aryl methyl sites for hydroxylation is 1. The van der Waals surface area contributed by atoms with Crippen LogP contribution in [-0.4, -0.2) is 95.2 Å². The van der Waals surface area contributed by atoms with E-state index in [2.05, 4.69) is 41.7 Å². The number of phenols is 1. The van der Waals surface area contributed by atoms with E-state index in [1.807, 2.05) is 23.4 Å². The standard InChI is InChI=1S/C47H56F3N11O8S2/c1-28-13-14-31(25-38(28)62)37-26-40(47(48,49)50)58-61(37)33-19-21-34(22-20-33)71(68,69)59-45(66)35(54-44(65)30-15-17-32(18-16-30)57-60-51)10-5-7-23-52-41(63)12-4-3-6-24-53-43(64)29(2)9-8-11-39-42-36(27-70-39)55-46(67)56-42/h13-22,25-26,29,35-36,39,42,62H,3-12,23-24,27H2,1-2H3,(H,52,63)(H,53,64)(H,54,65)(H,59,66)(H2,55,56,67)/t29?,35-,36-,39-,42-/m0/s1. The third kappa shape index (κ3) is 14.9. The van der Waals surface area contributed by atoms with E-state index in [-0.39, 0.29) is 95.6 Å². The van der Waals surface area contributed by atoms with Gasteiger partial charge in [-0.2, -0.15) is 30.0 Å². The predicted molar refractivity (Wildman–Crippen MR) is 259 cm³/mol. The second-order valence-electron chi connectivity index (χ2n) is 17.5. The number of aromatic hydroxyl groups is 1. The number of fused-ring (bicyclic) bond motifs is 1. The number of nitrogens with zero attached hydrogens (tertiary/aromatic N) is 5. The summed E-state index contributed by atoms with van der Waals surface area (Å²) in [6.07, 6.45) is 0.611. The summed E-state index contributed by atoms with van der Waals surface area (Å²) in [4.78, 5) is 66.0. The summed E-state index contributed by atoms with van der Waals surface area (Å²) < 4.78 is 71.4. The fourth-order valence-electron chi connectivity index (χ4n) is 8.12. The Kier molecular flexibility index (Phi) is 18.4. The molecule has 19 nitrogen and oxygen atoms in total. The van der Waals surface area contributed by atoms with Gasteiger partial charge in [0, 0.05) is 58.2 Å². The summed E-state index contributed by atoms with van der Waals surface area (Å²) >= 11 is 1.85. The van der Waals surface area contributed by atoms with Crippen molar-refractivity contribution < 1.29 is 50.7 Å². The number of nitrogens with one attached hydrogen (secondary N) is 6. The van der Waals surface area contributed by atoms with Crippen LogP contribution in [0.5, 0.6) is 5.75 Å². The van der Waals surface area contributed by atoms with Crippen LogP contribution < -0.4 is 31.3 Å². The number of halogens is 3. The smallest absolute Gasteiger partial charge is 0.435 e. The minimum atomic E-state index is -4.82. The number of thioether (sulfide) groups is 1. The molecule has 6 amide bonds. The molecule has 3 aromatic carbocycles. The summed E-state index contributed by atoms with van der Waals surface area (Å²) in [5.41, 5.74) is 8.50. The Hall–Kier alpha value is -6.78. The Morgan fingerprint density at radius 2 is 1.65 bits per heavy atom. The number of amides is 6. The Morgan fingerprint density at radius 1 is 0.930 bits per heavy atom. The van der Waals surface area contributed by atoms with Gasteiger partial charge in [-0.3, -0.25) is 19.2 Å². The zero-order valence-electron chi connectivity index (χ0n) is 39.0. The number of sulfonamides is 1. The molecule has 380 valence electrons. The van der Waals surface area contributed by atoms with E-state index in [0.29, 0.717) is 36.6 Å². The number of phenolic OH excluding ortho intramolecular Hbond substituents is 1. The fraction of sp³-hybridized carbons (Fsp3) is 0.447. The number of rotatable bonds is 24. The van der Waals surface area contributed by atoms with Crippen molar-refractivity contribution in [3.05, 3.63) is 100 Å². The van der Waals surface area contributed by atoms with E-state index < -0.39 is 44.6 Å². The second kappa shape index (κ2) is 24.4. The lowest BCUT2D eigenvalue weighted by Gasteiger charge is -2.19. The summed E-state index contributed by atoms with van der Waals surface area (Å²) in [6.45, 7) is 4.25. The Labute approximate surface area is 412 Å². The highest BCUT2D eigenvalue weighted by molar-refractivity contribution is 8.00. The van der Waals surface area contributed by atoms with Gasteiger partial charge in [0.05, 0.1) is 28.4 Å². The van der Waals surface area contributed by atoms with Crippen molar-refractivity contribution >= 4 is 57.1 Å². The number of benzene rings is 3. The number of alkyl halides is 3. The number of urea groups is 1. The van der Waals surface area contributed by atoms with E-state index in [4.69, 9.17) is 5.53 Å². The Balaban J connectivity index is 0.966. The molecule has 5 atom stereocenters.